The number of nitrogens with zero attached hydrogens (tertiary/aromatic N) is 3. The molecule has 0 aliphatic heterocycles. The molecule has 0 spiro atoms. The Balaban J connectivity index is 2.23. The average molecular weight is 260 g/mol. The highest BCUT2D eigenvalue weighted by atomic mass is 16.6. The normalized spacial score (nSPS) is 10.6. The molecule has 0 aliphatic rings. The molecule has 0 saturated carbocycles. The highest BCUT2D eigenvalue weighted by Crippen LogP contribution is 2.21. The van der Waals surface area contributed by atoms with E-state index < -0.39 is 0 Å². The number of hydrogen-bond acceptors (Lipinski definition) is 4. The summed E-state index contributed by atoms with van der Waals surface area (Å²) in [7, 11) is 1.86. The SMILES string of the molecule is CNCc1cn(Cc2cccc([N+](=O)[O-])c2C)cn1. The summed E-state index contributed by atoms with van der Waals surface area (Å²) in [6, 6.07) is 5.14. The van der Waals surface area contributed by atoms with Gasteiger partial charge in [-0.3, -0.25) is 10.1 Å². The molecule has 2 rings (SSSR count). The van der Waals surface area contributed by atoms with E-state index in [1.165, 1.54) is 6.07 Å². The van der Waals surface area contributed by atoms with Crippen molar-refractivity contribution < 1.29 is 4.92 Å². The molecule has 1 aromatic heterocycles. The van der Waals surface area contributed by atoms with Crippen LogP contribution in [0.5, 0.6) is 0 Å². The standard InChI is InChI=1S/C13H16N4O2/c1-10-11(4-3-5-13(10)17(18)19)7-16-8-12(6-14-2)15-9-16/h3-5,8-9,14H,6-7H2,1-2H3. The highest BCUT2D eigenvalue weighted by molar-refractivity contribution is 5.44. The summed E-state index contributed by atoms with van der Waals surface area (Å²) >= 11 is 0. The van der Waals surface area contributed by atoms with Gasteiger partial charge in [-0.1, -0.05) is 12.1 Å². The number of rotatable bonds is 5. The zero-order valence-corrected chi connectivity index (χ0v) is 11.0. The molecule has 0 radical (unpaired) electrons. The summed E-state index contributed by atoms with van der Waals surface area (Å²) in [5.74, 6) is 0. The van der Waals surface area contributed by atoms with E-state index in [4.69, 9.17) is 0 Å². The van der Waals surface area contributed by atoms with E-state index in [-0.39, 0.29) is 10.6 Å². The smallest absolute Gasteiger partial charge is 0.272 e. The van der Waals surface area contributed by atoms with Crippen molar-refractivity contribution in [2.24, 2.45) is 0 Å². The van der Waals surface area contributed by atoms with Gasteiger partial charge in [0.25, 0.3) is 5.69 Å². The maximum atomic E-state index is 10.9. The third-order valence-corrected chi connectivity index (χ3v) is 3.01. The summed E-state index contributed by atoms with van der Waals surface area (Å²) in [5.41, 5.74) is 2.75. The minimum atomic E-state index is -0.348. The Bertz CT molecular complexity index is 592. The molecule has 2 aromatic rings. The van der Waals surface area contributed by atoms with E-state index in [0.717, 1.165) is 11.3 Å². The lowest BCUT2D eigenvalue weighted by molar-refractivity contribution is -0.385. The van der Waals surface area contributed by atoms with Gasteiger partial charge in [0, 0.05) is 30.9 Å². The lowest BCUT2D eigenvalue weighted by atomic mass is 10.1. The van der Waals surface area contributed by atoms with E-state index in [1.807, 2.05) is 23.9 Å². The first-order valence-electron chi connectivity index (χ1n) is 6.00. The molecular formula is C13H16N4O2. The van der Waals surface area contributed by atoms with Crippen LogP contribution in [0, 0.1) is 17.0 Å². The number of nitrogens with one attached hydrogen (secondary N) is 1. The van der Waals surface area contributed by atoms with E-state index in [2.05, 4.69) is 10.3 Å². The van der Waals surface area contributed by atoms with Gasteiger partial charge in [0.1, 0.15) is 0 Å². The first-order chi connectivity index (χ1) is 9.11. The molecule has 0 fully saturated rings. The number of imidazole rings is 1. The van der Waals surface area contributed by atoms with Crippen molar-refractivity contribution in [3.05, 3.63) is 57.7 Å². The van der Waals surface area contributed by atoms with Gasteiger partial charge in [-0.2, -0.15) is 0 Å². The molecular weight excluding hydrogens is 244 g/mol. The third-order valence-electron chi connectivity index (χ3n) is 3.01. The summed E-state index contributed by atoms with van der Waals surface area (Å²) in [5, 5.41) is 13.9. The monoisotopic (exact) mass is 260 g/mol. The molecule has 100 valence electrons. The Morgan fingerprint density at radius 2 is 2.26 bits per heavy atom. The highest BCUT2D eigenvalue weighted by Gasteiger charge is 2.13. The molecule has 0 unspecified atom stereocenters. The molecule has 0 saturated heterocycles. The molecule has 0 amide bonds. The lowest BCUT2D eigenvalue weighted by Gasteiger charge is -2.06. The van der Waals surface area contributed by atoms with E-state index in [1.54, 1.807) is 19.3 Å². The van der Waals surface area contributed by atoms with Crippen LogP contribution in [0.3, 0.4) is 0 Å². The number of aromatic nitrogens is 2. The Hall–Kier alpha value is -2.21. The molecule has 1 heterocycles. The Labute approximate surface area is 111 Å². The number of hydrogen-bond donors (Lipinski definition) is 1. The van der Waals surface area contributed by atoms with Crippen LogP contribution in [0.15, 0.2) is 30.7 Å². The predicted molar refractivity (Wildman–Crippen MR) is 71.9 cm³/mol. The van der Waals surface area contributed by atoms with Crippen molar-refractivity contribution in [3.8, 4) is 0 Å². The summed E-state index contributed by atoms with van der Waals surface area (Å²) < 4.78 is 1.93. The topological polar surface area (TPSA) is 73.0 Å². The zero-order chi connectivity index (χ0) is 13.8. The third kappa shape index (κ3) is 2.97. The largest absolute Gasteiger partial charge is 0.333 e. The van der Waals surface area contributed by atoms with Gasteiger partial charge in [0.05, 0.1) is 16.9 Å². The van der Waals surface area contributed by atoms with Crippen LogP contribution in [0.25, 0.3) is 0 Å². The van der Waals surface area contributed by atoms with Gasteiger partial charge >= 0.3 is 0 Å². The summed E-state index contributed by atoms with van der Waals surface area (Å²) in [4.78, 5) is 14.8. The van der Waals surface area contributed by atoms with Crippen LogP contribution in [0.1, 0.15) is 16.8 Å². The van der Waals surface area contributed by atoms with Gasteiger partial charge in [0.2, 0.25) is 0 Å². The van der Waals surface area contributed by atoms with Gasteiger partial charge in [0.15, 0.2) is 0 Å². The van der Waals surface area contributed by atoms with Crippen LogP contribution in [-0.4, -0.2) is 21.5 Å². The molecule has 6 nitrogen and oxygen atoms in total. The van der Waals surface area contributed by atoms with E-state index in [9.17, 15) is 10.1 Å². The van der Waals surface area contributed by atoms with Crippen molar-refractivity contribution in [1.82, 2.24) is 14.9 Å². The van der Waals surface area contributed by atoms with Gasteiger partial charge in [-0.05, 0) is 19.5 Å². The van der Waals surface area contributed by atoms with Gasteiger partial charge < -0.3 is 9.88 Å². The molecule has 0 bridgehead atoms. The van der Waals surface area contributed by atoms with Crippen molar-refractivity contribution >= 4 is 5.69 Å². The van der Waals surface area contributed by atoms with Crippen LogP contribution in [0.4, 0.5) is 5.69 Å². The van der Waals surface area contributed by atoms with Crippen LogP contribution >= 0.6 is 0 Å². The summed E-state index contributed by atoms with van der Waals surface area (Å²) in [6.45, 7) is 3.07. The van der Waals surface area contributed by atoms with E-state index >= 15 is 0 Å². The second-order valence-electron chi connectivity index (χ2n) is 4.39. The first kappa shape index (κ1) is 13.2. The Kier molecular flexibility index (Phi) is 3.91. The van der Waals surface area contributed by atoms with Crippen LogP contribution in [0.2, 0.25) is 0 Å². The maximum Gasteiger partial charge on any atom is 0.272 e. The predicted octanol–water partition coefficient (Wildman–Crippen LogP) is 1.87. The Morgan fingerprint density at radius 3 is 2.95 bits per heavy atom. The molecule has 6 heteroatoms. The van der Waals surface area contributed by atoms with Crippen LogP contribution < -0.4 is 5.32 Å². The van der Waals surface area contributed by atoms with Gasteiger partial charge in [-0.25, -0.2) is 4.98 Å². The molecule has 1 aromatic carbocycles. The molecule has 19 heavy (non-hydrogen) atoms. The van der Waals surface area contributed by atoms with Crippen molar-refractivity contribution in [3.63, 3.8) is 0 Å². The minimum absolute atomic E-state index is 0.160. The number of nitro benzene ring substituents is 1. The quantitative estimate of drug-likeness (QED) is 0.658. The summed E-state index contributed by atoms with van der Waals surface area (Å²) in [6.07, 6.45) is 3.68. The molecule has 0 atom stereocenters. The Morgan fingerprint density at radius 1 is 1.47 bits per heavy atom. The molecule has 0 aliphatic carbocycles. The van der Waals surface area contributed by atoms with Crippen molar-refractivity contribution in [2.75, 3.05) is 7.05 Å². The second-order valence-corrected chi connectivity index (χ2v) is 4.39. The first-order valence-corrected chi connectivity index (χ1v) is 6.00. The zero-order valence-electron chi connectivity index (χ0n) is 11.0. The lowest BCUT2D eigenvalue weighted by Crippen LogP contribution is -2.05. The number of nitro groups is 1. The van der Waals surface area contributed by atoms with Crippen molar-refractivity contribution in [2.45, 2.75) is 20.0 Å². The minimum Gasteiger partial charge on any atom is -0.333 e. The fourth-order valence-electron chi connectivity index (χ4n) is 2.00. The van der Waals surface area contributed by atoms with Crippen molar-refractivity contribution in [1.29, 1.82) is 0 Å². The average Bonchev–Trinajstić information content (AvgIpc) is 2.79. The fourth-order valence-corrected chi connectivity index (χ4v) is 2.00. The fraction of sp³-hybridized carbons (Fsp3) is 0.308. The maximum absolute atomic E-state index is 10.9. The number of benzene rings is 1. The molecule has 1 N–H and O–H groups in total. The van der Waals surface area contributed by atoms with E-state index in [0.29, 0.717) is 18.7 Å². The van der Waals surface area contributed by atoms with Crippen LogP contribution in [-0.2, 0) is 13.1 Å². The van der Waals surface area contributed by atoms with Gasteiger partial charge in [-0.15, -0.1) is 0 Å². The second kappa shape index (κ2) is 5.62.